The number of aromatic nitrogens is 1. The molecule has 1 N–H and O–H groups in total. The van der Waals surface area contributed by atoms with Crippen molar-refractivity contribution in [3.63, 3.8) is 0 Å². The van der Waals surface area contributed by atoms with Crippen molar-refractivity contribution in [2.24, 2.45) is 5.92 Å². The SMILES string of the molecule is CC[C@@H](C)C(=N)CCc1nc(-c2ccc(OCc3ccccc3)cc2)oc1C. The molecular weight excluding hydrogens is 348 g/mol. The summed E-state index contributed by atoms with van der Waals surface area (Å²) >= 11 is 0. The molecule has 28 heavy (non-hydrogen) atoms. The highest BCUT2D eigenvalue weighted by molar-refractivity contribution is 5.83. The summed E-state index contributed by atoms with van der Waals surface area (Å²) in [5.74, 6) is 2.60. The van der Waals surface area contributed by atoms with E-state index in [4.69, 9.17) is 14.6 Å². The zero-order valence-corrected chi connectivity index (χ0v) is 16.9. The van der Waals surface area contributed by atoms with Crippen LogP contribution in [0, 0.1) is 18.3 Å². The maximum absolute atomic E-state index is 8.14. The van der Waals surface area contributed by atoms with Crippen LogP contribution in [0.5, 0.6) is 5.75 Å². The molecule has 2 aromatic carbocycles. The van der Waals surface area contributed by atoms with Crippen LogP contribution in [0.4, 0.5) is 0 Å². The lowest BCUT2D eigenvalue weighted by molar-refractivity contribution is 0.306. The van der Waals surface area contributed by atoms with Gasteiger partial charge in [-0.05, 0) is 61.9 Å². The molecule has 4 nitrogen and oxygen atoms in total. The van der Waals surface area contributed by atoms with Crippen LogP contribution in [0.2, 0.25) is 0 Å². The highest BCUT2D eigenvalue weighted by Gasteiger charge is 2.14. The second-order valence-electron chi connectivity index (χ2n) is 7.16. The normalized spacial score (nSPS) is 12.0. The molecule has 3 rings (SSSR count). The van der Waals surface area contributed by atoms with E-state index in [-0.39, 0.29) is 0 Å². The van der Waals surface area contributed by atoms with Crippen LogP contribution in [0.3, 0.4) is 0 Å². The van der Waals surface area contributed by atoms with Gasteiger partial charge in [-0.25, -0.2) is 4.98 Å². The number of ether oxygens (including phenoxy) is 1. The van der Waals surface area contributed by atoms with Gasteiger partial charge in [0.2, 0.25) is 5.89 Å². The van der Waals surface area contributed by atoms with E-state index in [0.29, 0.717) is 18.4 Å². The lowest BCUT2D eigenvalue weighted by Gasteiger charge is -2.09. The van der Waals surface area contributed by atoms with Crippen molar-refractivity contribution in [3.8, 4) is 17.2 Å². The Kier molecular flexibility index (Phi) is 6.64. The minimum absolute atomic E-state index is 0.329. The van der Waals surface area contributed by atoms with Gasteiger partial charge in [0.05, 0.1) is 5.69 Å². The first-order chi connectivity index (χ1) is 13.6. The molecule has 0 fully saturated rings. The zero-order chi connectivity index (χ0) is 19.9. The number of benzene rings is 2. The van der Waals surface area contributed by atoms with Crippen LogP contribution in [-0.2, 0) is 13.0 Å². The van der Waals surface area contributed by atoms with Gasteiger partial charge in [-0.3, -0.25) is 0 Å². The van der Waals surface area contributed by atoms with Crippen LogP contribution >= 0.6 is 0 Å². The van der Waals surface area contributed by atoms with Crippen LogP contribution < -0.4 is 4.74 Å². The van der Waals surface area contributed by atoms with Crippen LogP contribution in [-0.4, -0.2) is 10.7 Å². The van der Waals surface area contributed by atoms with Gasteiger partial charge in [0.1, 0.15) is 18.1 Å². The van der Waals surface area contributed by atoms with Gasteiger partial charge in [0.25, 0.3) is 0 Å². The summed E-state index contributed by atoms with van der Waals surface area (Å²) in [5.41, 5.74) is 3.79. The Labute approximate surface area is 167 Å². The molecule has 0 saturated carbocycles. The fourth-order valence-electron chi connectivity index (χ4n) is 2.96. The summed E-state index contributed by atoms with van der Waals surface area (Å²) in [5, 5.41) is 8.14. The zero-order valence-electron chi connectivity index (χ0n) is 16.9. The van der Waals surface area contributed by atoms with Gasteiger partial charge in [0.15, 0.2) is 0 Å². The predicted octanol–water partition coefficient (Wildman–Crippen LogP) is 6.23. The average Bonchev–Trinajstić information content (AvgIpc) is 3.11. The number of hydrogen-bond donors (Lipinski definition) is 1. The Bertz CT molecular complexity index is 898. The molecule has 0 amide bonds. The fourth-order valence-corrected chi connectivity index (χ4v) is 2.96. The Balaban J connectivity index is 1.61. The summed E-state index contributed by atoms with van der Waals surface area (Å²) in [4.78, 5) is 4.66. The first-order valence-corrected chi connectivity index (χ1v) is 9.87. The van der Waals surface area contributed by atoms with Crippen LogP contribution in [0.25, 0.3) is 11.5 Å². The smallest absolute Gasteiger partial charge is 0.226 e. The number of rotatable bonds is 9. The molecule has 0 aliphatic carbocycles. The van der Waals surface area contributed by atoms with Crippen molar-refractivity contribution in [1.82, 2.24) is 4.98 Å². The van der Waals surface area contributed by atoms with E-state index in [2.05, 4.69) is 18.8 Å². The van der Waals surface area contributed by atoms with Crippen molar-refractivity contribution in [2.75, 3.05) is 0 Å². The van der Waals surface area contributed by atoms with Crippen molar-refractivity contribution in [1.29, 1.82) is 5.41 Å². The molecule has 0 aliphatic heterocycles. The van der Waals surface area contributed by atoms with Gasteiger partial charge in [-0.15, -0.1) is 0 Å². The van der Waals surface area contributed by atoms with Crippen molar-refractivity contribution in [3.05, 3.63) is 71.6 Å². The first-order valence-electron chi connectivity index (χ1n) is 9.87. The van der Waals surface area contributed by atoms with E-state index in [1.807, 2.05) is 61.5 Å². The van der Waals surface area contributed by atoms with E-state index >= 15 is 0 Å². The van der Waals surface area contributed by atoms with Crippen molar-refractivity contribution in [2.45, 2.75) is 46.6 Å². The molecule has 1 atom stereocenters. The molecule has 1 heterocycles. The Morgan fingerprint density at radius 3 is 2.50 bits per heavy atom. The second kappa shape index (κ2) is 9.36. The van der Waals surface area contributed by atoms with Gasteiger partial charge < -0.3 is 14.6 Å². The molecule has 146 valence electrons. The van der Waals surface area contributed by atoms with Crippen LogP contribution in [0.15, 0.2) is 59.0 Å². The van der Waals surface area contributed by atoms with Gasteiger partial charge in [-0.1, -0.05) is 44.2 Å². The lowest BCUT2D eigenvalue weighted by Crippen LogP contribution is -2.10. The monoisotopic (exact) mass is 376 g/mol. The molecular formula is C24H28N2O2. The van der Waals surface area contributed by atoms with Crippen molar-refractivity contribution >= 4 is 5.71 Å². The predicted molar refractivity (Wildman–Crippen MR) is 113 cm³/mol. The number of aryl methyl sites for hydroxylation is 2. The highest BCUT2D eigenvalue weighted by Crippen LogP contribution is 2.25. The minimum Gasteiger partial charge on any atom is -0.489 e. The second-order valence-corrected chi connectivity index (χ2v) is 7.16. The van der Waals surface area contributed by atoms with E-state index in [1.165, 1.54) is 0 Å². The largest absolute Gasteiger partial charge is 0.489 e. The topological polar surface area (TPSA) is 59.1 Å². The molecule has 3 aromatic rings. The molecule has 0 saturated heterocycles. The quantitative estimate of drug-likeness (QED) is 0.450. The third-order valence-corrected chi connectivity index (χ3v) is 5.08. The summed E-state index contributed by atoms with van der Waals surface area (Å²) in [7, 11) is 0. The average molecular weight is 377 g/mol. The first kappa shape index (κ1) is 19.9. The van der Waals surface area contributed by atoms with Gasteiger partial charge in [-0.2, -0.15) is 0 Å². The third kappa shape index (κ3) is 5.10. The fraction of sp³-hybridized carbons (Fsp3) is 0.333. The molecule has 0 radical (unpaired) electrons. The van der Waals surface area contributed by atoms with Crippen LogP contribution in [0.1, 0.15) is 43.7 Å². The molecule has 0 spiro atoms. The Hall–Kier alpha value is -2.88. The van der Waals surface area contributed by atoms with E-state index < -0.39 is 0 Å². The Morgan fingerprint density at radius 2 is 1.82 bits per heavy atom. The van der Waals surface area contributed by atoms with Crippen molar-refractivity contribution < 1.29 is 9.15 Å². The maximum atomic E-state index is 8.14. The molecule has 4 heteroatoms. The minimum atomic E-state index is 0.329. The summed E-state index contributed by atoms with van der Waals surface area (Å²) in [6.45, 7) is 6.71. The standard InChI is InChI=1S/C24H28N2O2/c1-4-17(2)22(25)14-15-23-18(3)28-24(26-23)20-10-12-21(13-11-20)27-16-19-8-6-5-7-9-19/h5-13,17,25H,4,14-16H2,1-3H3/t17-/m1/s1. The molecule has 0 unspecified atom stereocenters. The molecule has 0 bridgehead atoms. The molecule has 0 aliphatic rings. The summed E-state index contributed by atoms with van der Waals surface area (Å²) in [6, 6.07) is 17.9. The van der Waals surface area contributed by atoms with E-state index in [1.54, 1.807) is 0 Å². The number of oxazole rings is 1. The highest BCUT2D eigenvalue weighted by atomic mass is 16.5. The maximum Gasteiger partial charge on any atom is 0.226 e. The van der Waals surface area contributed by atoms with E-state index in [9.17, 15) is 0 Å². The third-order valence-electron chi connectivity index (χ3n) is 5.08. The van der Waals surface area contributed by atoms with Gasteiger partial charge in [0, 0.05) is 11.3 Å². The van der Waals surface area contributed by atoms with Gasteiger partial charge >= 0.3 is 0 Å². The number of nitrogens with one attached hydrogen (secondary N) is 1. The molecule has 1 aromatic heterocycles. The summed E-state index contributed by atoms with van der Waals surface area (Å²) in [6.07, 6.45) is 2.48. The summed E-state index contributed by atoms with van der Waals surface area (Å²) < 4.78 is 11.7. The van der Waals surface area contributed by atoms with E-state index in [0.717, 1.165) is 53.3 Å². The Morgan fingerprint density at radius 1 is 1.11 bits per heavy atom. The number of hydrogen-bond acceptors (Lipinski definition) is 4. The number of nitrogens with zero attached hydrogens (tertiary/aromatic N) is 1. The lowest BCUT2D eigenvalue weighted by atomic mass is 9.98.